The van der Waals surface area contributed by atoms with Crippen molar-refractivity contribution >= 4 is 17.5 Å². The van der Waals surface area contributed by atoms with E-state index in [1.807, 2.05) is 30.0 Å². The zero-order valence-electron chi connectivity index (χ0n) is 12.2. The van der Waals surface area contributed by atoms with Gasteiger partial charge in [-0.05, 0) is 43.9 Å². The van der Waals surface area contributed by atoms with Gasteiger partial charge in [0, 0.05) is 18.0 Å². The van der Waals surface area contributed by atoms with Crippen molar-refractivity contribution < 1.29 is 9.53 Å². The highest BCUT2D eigenvalue weighted by Gasteiger charge is 2.47. The van der Waals surface area contributed by atoms with Crippen LogP contribution in [-0.4, -0.2) is 35.5 Å². The van der Waals surface area contributed by atoms with E-state index in [0.717, 1.165) is 25.0 Å². The van der Waals surface area contributed by atoms with E-state index in [9.17, 15) is 4.79 Å². The van der Waals surface area contributed by atoms with Gasteiger partial charge < -0.3 is 15.4 Å². The summed E-state index contributed by atoms with van der Waals surface area (Å²) in [6, 6.07) is 7.35. The van der Waals surface area contributed by atoms with Gasteiger partial charge in [-0.15, -0.1) is 0 Å². The molecule has 1 aromatic rings. The van der Waals surface area contributed by atoms with Gasteiger partial charge in [-0.3, -0.25) is 4.79 Å². The second kappa shape index (κ2) is 5.50. The number of likely N-dealkylation sites (tertiary alicyclic amines) is 1. The molecule has 114 valence electrons. The Bertz CT molecular complexity index is 543. The number of ether oxygens (including phenoxy) is 1. The van der Waals surface area contributed by atoms with Crippen LogP contribution < -0.4 is 10.5 Å². The van der Waals surface area contributed by atoms with Gasteiger partial charge in [-0.2, -0.15) is 0 Å². The summed E-state index contributed by atoms with van der Waals surface area (Å²) < 4.78 is 5.91. The van der Waals surface area contributed by atoms with E-state index in [1.165, 1.54) is 0 Å². The van der Waals surface area contributed by atoms with Crippen molar-refractivity contribution in [2.45, 2.75) is 37.8 Å². The van der Waals surface area contributed by atoms with E-state index in [0.29, 0.717) is 24.0 Å². The maximum absolute atomic E-state index is 12.5. The van der Waals surface area contributed by atoms with Crippen LogP contribution in [0.15, 0.2) is 24.3 Å². The molecule has 2 aliphatic rings. The smallest absolute Gasteiger partial charge is 0.242 e. The van der Waals surface area contributed by atoms with Crippen LogP contribution in [0.5, 0.6) is 5.75 Å². The van der Waals surface area contributed by atoms with E-state index in [4.69, 9.17) is 22.1 Å². The normalized spacial score (nSPS) is 24.7. The lowest BCUT2D eigenvalue weighted by Crippen LogP contribution is -2.54. The van der Waals surface area contributed by atoms with Crippen molar-refractivity contribution in [2.75, 3.05) is 13.1 Å². The maximum atomic E-state index is 12.5. The molecule has 1 aromatic carbocycles. The highest BCUT2D eigenvalue weighted by atomic mass is 35.5. The topological polar surface area (TPSA) is 55.6 Å². The van der Waals surface area contributed by atoms with Crippen molar-refractivity contribution in [3.8, 4) is 5.75 Å². The Hall–Kier alpha value is -1.26. The largest absolute Gasteiger partial charge is 0.488 e. The second-order valence-electron chi connectivity index (χ2n) is 6.29. The number of nitrogens with two attached hydrogens (primary N) is 1. The molecule has 0 spiro atoms. The third-order valence-electron chi connectivity index (χ3n) is 4.42. The highest BCUT2D eigenvalue weighted by molar-refractivity contribution is 6.30. The fourth-order valence-corrected chi connectivity index (χ4v) is 3.12. The summed E-state index contributed by atoms with van der Waals surface area (Å²) in [6.45, 7) is 3.17. The van der Waals surface area contributed by atoms with E-state index in [2.05, 4.69) is 0 Å². The van der Waals surface area contributed by atoms with Gasteiger partial charge in [0.1, 0.15) is 11.9 Å². The molecule has 0 radical (unpaired) electrons. The standard InChI is InChI=1S/C16H21ClN2O2/c1-16(18,11-5-6-11)15(20)19-8-7-14(10-19)21-13-4-2-3-12(17)9-13/h2-4,9,11,14H,5-8,10,18H2,1H3/t14-,16+/m0/s1. The molecule has 3 rings (SSSR count). The van der Waals surface area contributed by atoms with Crippen LogP contribution in [-0.2, 0) is 4.79 Å². The van der Waals surface area contributed by atoms with Gasteiger partial charge in [-0.25, -0.2) is 0 Å². The van der Waals surface area contributed by atoms with Gasteiger partial charge in [-0.1, -0.05) is 17.7 Å². The number of hydrogen-bond acceptors (Lipinski definition) is 3. The monoisotopic (exact) mass is 308 g/mol. The number of benzene rings is 1. The van der Waals surface area contributed by atoms with Crippen molar-refractivity contribution in [3.05, 3.63) is 29.3 Å². The molecule has 5 heteroatoms. The summed E-state index contributed by atoms with van der Waals surface area (Å²) in [6.07, 6.45) is 2.98. The Morgan fingerprint density at radius 2 is 2.19 bits per heavy atom. The first kappa shape index (κ1) is 14.7. The van der Waals surface area contributed by atoms with Crippen LogP contribution in [0.25, 0.3) is 0 Å². The van der Waals surface area contributed by atoms with Gasteiger partial charge in [0.2, 0.25) is 5.91 Å². The number of rotatable bonds is 4. The molecule has 1 aliphatic heterocycles. The molecule has 2 atom stereocenters. The third kappa shape index (κ3) is 3.16. The average molecular weight is 309 g/mol. The number of amides is 1. The minimum absolute atomic E-state index is 0.0161. The molecule has 4 nitrogen and oxygen atoms in total. The van der Waals surface area contributed by atoms with Crippen LogP contribution in [0.2, 0.25) is 5.02 Å². The fraction of sp³-hybridized carbons (Fsp3) is 0.562. The lowest BCUT2D eigenvalue weighted by molar-refractivity contribution is -0.136. The number of nitrogens with zero attached hydrogens (tertiary/aromatic N) is 1. The quantitative estimate of drug-likeness (QED) is 0.929. The van der Waals surface area contributed by atoms with Crippen molar-refractivity contribution in [3.63, 3.8) is 0 Å². The number of carbonyl (C=O) groups excluding carboxylic acids is 1. The highest BCUT2D eigenvalue weighted by Crippen LogP contribution is 2.39. The molecule has 1 amide bonds. The zero-order valence-corrected chi connectivity index (χ0v) is 13.0. The predicted molar refractivity (Wildman–Crippen MR) is 82.4 cm³/mol. The minimum Gasteiger partial charge on any atom is -0.488 e. The first-order chi connectivity index (χ1) is 9.96. The van der Waals surface area contributed by atoms with E-state index < -0.39 is 5.54 Å². The van der Waals surface area contributed by atoms with E-state index in [-0.39, 0.29) is 12.0 Å². The van der Waals surface area contributed by atoms with E-state index in [1.54, 1.807) is 6.07 Å². The van der Waals surface area contributed by atoms with Crippen LogP contribution in [0, 0.1) is 5.92 Å². The van der Waals surface area contributed by atoms with Gasteiger partial charge in [0.05, 0.1) is 12.1 Å². The molecule has 2 fully saturated rings. The lowest BCUT2D eigenvalue weighted by atomic mass is 9.95. The molecule has 1 saturated heterocycles. The molecule has 0 aromatic heterocycles. The summed E-state index contributed by atoms with van der Waals surface area (Å²) >= 11 is 5.95. The minimum atomic E-state index is -0.717. The Balaban J connectivity index is 1.59. The molecule has 0 unspecified atom stereocenters. The fourth-order valence-electron chi connectivity index (χ4n) is 2.94. The second-order valence-corrected chi connectivity index (χ2v) is 6.73. The van der Waals surface area contributed by atoms with Gasteiger partial charge in [0.15, 0.2) is 0 Å². The summed E-state index contributed by atoms with van der Waals surface area (Å²) in [5, 5.41) is 0.654. The van der Waals surface area contributed by atoms with Crippen LogP contribution in [0.4, 0.5) is 0 Å². The summed E-state index contributed by atoms with van der Waals surface area (Å²) in [5.41, 5.74) is 5.50. The molecule has 1 saturated carbocycles. The van der Waals surface area contributed by atoms with Crippen molar-refractivity contribution in [2.24, 2.45) is 11.7 Å². The summed E-state index contributed by atoms with van der Waals surface area (Å²) in [4.78, 5) is 14.4. The first-order valence-corrected chi connectivity index (χ1v) is 7.85. The lowest BCUT2D eigenvalue weighted by Gasteiger charge is -2.29. The number of hydrogen-bond donors (Lipinski definition) is 1. The number of carbonyl (C=O) groups is 1. The number of halogens is 1. The molecule has 2 N–H and O–H groups in total. The third-order valence-corrected chi connectivity index (χ3v) is 4.65. The SMILES string of the molecule is C[C@](N)(C(=O)N1CC[C@H](Oc2cccc(Cl)c2)C1)C1CC1. The Labute approximate surface area is 130 Å². The predicted octanol–water partition coefficient (Wildman–Crippen LogP) is 2.45. The summed E-state index contributed by atoms with van der Waals surface area (Å²) in [7, 11) is 0. The van der Waals surface area contributed by atoms with Crippen LogP contribution in [0.1, 0.15) is 26.2 Å². The Morgan fingerprint density at radius 3 is 2.86 bits per heavy atom. The first-order valence-electron chi connectivity index (χ1n) is 7.47. The summed E-state index contributed by atoms with van der Waals surface area (Å²) in [5.74, 6) is 1.15. The zero-order chi connectivity index (χ0) is 15.0. The van der Waals surface area contributed by atoms with Crippen LogP contribution in [0.3, 0.4) is 0 Å². The maximum Gasteiger partial charge on any atom is 0.242 e. The Morgan fingerprint density at radius 1 is 1.43 bits per heavy atom. The van der Waals surface area contributed by atoms with Crippen molar-refractivity contribution in [1.29, 1.82) is 0 Å². The molecule has 1 heterocycles. The molecular weight excluding hydrogens is 288 g/mol. The van der Waals surface area contributed by atoms with Gasteiger partial charge >= 0.3 is 0 Å². The molecule has 1 aliphatic carbocycles. The van der Waals surface area contributed by atoms with Crippen molar-refractivity contribution in [1.82, 2.24) is 4.90 Å². The molecule has 21 heavy (non-hydrogen) atoms. The van der Waals surface area contributed by atoms with E-state index >= 15 is 0 Å². The average Bonchev–Trinajstić information content (AvgIpc) is 3.20. The van der Waals surface area contributed by atoms with Crippen LogP contribution >= 0.6 is 11.6 Å². The Kier molecular flexibility index (Phi) is 3.84. The molecular formula is C16H21ClN2O2. The molecule has 0 bridgehead atoms. The van der Waals surface area contributed by atoms with Gasteiger partial charge in [0.25, 0.3) is 0 Å².